The molecule has 20 heavy (non-hydrogen) atoms. The van der Waals surface area contributed by atoms with Crippen LogP contribution in [0.25, 0.3) is 0 Å². The van der Waals surface area contributed by atoms with Crippen LogP contribution in [0.2, 0.25) is 0 Å². The molecule has 0 unspecified atom stereocenters. The van der Waals surface area contributed by atoms with Gasteiger partial charge >= 0.3 is 0 Å². The molecule has 1 aliphatic heterocycles. The Morgan fingerprint density at radius 3 is 2.60 bits per heavy atom. The number of nitrogens with zero attached hydrogens (tertiary/aromatic N) is 1. The highest BCUT2D eigenvalue weighted by Crippen LogP contribution is 2.29. The van der Waals surface area contributed by atoms with Crippen molar-refractivity contribution in [3.63, 3.8) is 0 Å². The third kappa shape index (κ3) is 2.78. The molecule has 0 saturated carbocycles. The van der Waals surface area contributed by atoms with Crippen LogP contribution in [0.3, 0.4) is 0 Å². The molecular weight excluding hydrogens is 314 g/mol. The summed E-state index contributed by atoms with van der Waals surface area (Å²) in [7, 11) is 0. The SMILES string of the molecule is CC[C@H]1CCCCN1C(=O)c1cc(Br)c(C)c(C)c1C. The summed E-state index contributed by atoms with van der Waals surface area (Å²) >= 11 is 3.58. The molecule has 1 atom stereocenters. The standard InChI is InChI=1S/C17H24BrNO/c1-5-14-8-6-7-9-19(14)17(20)15-10-16(18)13(4)11(2)12(15)3/h10,14H,5-9H2,1-4H3/t14-/m0/s1. The van der Waals surface area contributed by atoms with Crippen LogP contribution in [0.4, 0.5) is 0 Å². The summed E-state index contributed by atoms with van der Waals surface area (Å²) in [6, 6.07) is 2.41. The monoisotopic (exact) mass is 337 g/mol. The van der Waals surface area contributed by atoms with Gasteiger partial charge in [-0.3, -0.25) is 4.79 Å². The number of rotatable bonds is 2. The van der Waals surface area contributed by atoms with Gasteiger partial charge in [0.25, 0.3) is 5.91 Å². The molecule has 1 aromatic rings. The lowest BCUT2D eigenvalue weighted by Gasteiger charge is -2.36. The highest BCUT2D eigenvalue weighted by Gasteiger charge is 2.27. The Morgan fingerprint density at radius 2 is 1.95 bits per heavy atom. The van der Waals surface area contributed by atoms with Crippen molar-refractivity contribution in [1.82, 2.24) is 4.90 Å². The van der Waals surface area contributed by atoms with Gasteiger partial charge in [-0.1, -0.05) is 22.9 Å². The first-order chi connectivity index (χ1) is 9.47. The van der Waals surface area contributed by atoms with Crippen LogP contribution in [-0.2, 0) is 0 Å². The normalized spacial score (nSPS) is 19.2. The average molecular weight is 338 g/mol. The van der Waals surface area contributed by atoms with Gasteiger partial charge in [0.05, 0.1) is 0 Å². The van der Waals surface area contributed by atoms with Crippen molar-refractivity contribution >= 4 is 21.8 Å². The second kappa shape index (κ2) is 6.30. The summed E-state index contributed by atoms with van der Waals surface area (Å²) in [4.78, 5) is 15.0. The molecule has 1 fully saturated rings. The molecule has 0 aromatic heterocycles. The van der Waals surface area contributed by atoms with E-state index in [4.69, 9.17) is 0 Å². The number of hydrogen-bond donors (Lipinski definition) is 0. The molecule has 2 rings (SSSR count). The zero-order valence-electron chi connectivity index (χ0n) is 12.9. The lowest BCUT2D eigenvalue weighted by Crippen LogP contribution is -2.43. The van der Waals surface area contributed by atoms with Gasteiger partial charge in [-0.25, -0.2) is 0 Å². The van der Waals surface area contributed by atoms with E-state index in [2.05, 4.69) is 48.5 Å². The molecule has 0 aliphatic carbocycles. The predicted octanol–water partition coefficient (Wildman–Crippen LogP) is 4.78. The van der Waals surface area contributed by atoms with Crippen molar-refractivity contribution < 1.29 is 4.79 Å². The predicted molar refractivity (Wildman–Crippen MR) is 87.3 cm³/mol. The lowest BCUT2D eigenvalue weighted by atomic mass is 9.95. The molecule has 0 bridgehead atoms. The maximum Gasteiger partial charge on any atom is 0.254 e. The quantitative estimate of drug-likeness (QED) is 0.760. The van der Waals surface area contributed by atoms with Gasteiger partial charge in [-0.05, 0) is 69.2 Å². The van der Waals surface area contributed by atoms with Crippen molar-refractivity contribution in [3.05, 3.63) is 32.8 Å². The van der Waals surface area contributed by atoms with Gasteiger partial charge in [-0.2, -0.15) is 0 Å². The Labute approximate surface area is 130 Å². The van der Waals surface area contributed by atoms with Crippen molar-refractivity contribution in [3.8, 4) is 0 Å². The van der Waals surface area contributed by atoms with Crippen LogP contribution in [0.5, 0.6) is 0 Å². The molecule has 1 amide bonds. The molecule has 0 radical (unpaired) electrons. The van der Waals surface area contributed by atoms with Crippen molar-refractivity contribution in [2.75, 3.05) is 6.54 Å². The summed E-state index contributed by atoms with van der Waals surface area (Å²) in [5, 5.41) is 0. The largest absolute Gasteiger partial charge is 0.336 e. The minimum atomic E-state index is 0.206. The van der Waals surface area contributed by atoms with E-state index in [9.17, 15) is 4.79 Å². The molecule has 0 N–H and O–H groups in total. The molecule has 1 aromatic carbocycles. The van der Waals surface area contributed by atoms with Crippen LogP contribution in [0.15, 0.2) is 10.5 Å². The van der Waals surface area contributed by atoms with E-state index in [-0.39, 0.29) is 5.91 Å². The van der Waals surface area contributed by atoms with E-state index in [0.717, 1.165) is 41.4 Å². The van der Waals surface area contributed by atoms with E-state index >= 15 is 0 Å². The van der Waals surface area contributed by atoms with Gasteiger partial charge in [0.2, 0.25) is 0 Å². The number of carbonyl (C=O) groups excluding carboxylic acids is 1. The summed E-state index contributed by atoms with van der Waals surface area (Å²) in [5.41, 5.74) is 4.42. The minimum absolute atomic E-state index is 0.206. The first kappa shape index (κ1) is 15.6. The summed E-state index contributed by atoms with van der Waals surface area (Å²) in [6.07, 6.45) is 4.58. The van der Waals surface area contributed by atoms with Gasteiger partial charge < -0.3 is 4.90 Å². The maximum atomic E-state index is 12.9. The molecule has 3 heteroatoms. The third-order valence-corrected chi connectivity index (χ3v) is 5.57. The smallest absolute Gasteiger partial charge is 0.254 e. The maximum absolute atomic E-state index is 12.9. The Bertz CT molecular complexity index is 524. The number of likely N-dealkylation sites (tertiary alicyclic amines) is 1. The third-order valence-electron chi connectivity index (χ3n) is 4.75. The molecule has 2 nitrogen and oxygen atoms in total. The molecule has 110 valence electrons. The number of carbonyl (C=O) groups is 1. The first-order valence-electron chi connectivity index (χ1n) is 7.54. The Hall–Kier alpha value is -0.830. The van der Waals surface area contributed by atoms with E-state index in [0.29, 0.717) is 6.04 Å². The van der Waals surface area contributed by atoms with Crippen LogP contribution in [-0.4, -0.2) is 23.4 Å². The fourth-order valence-electron chi connectivity index (χ4n) is 3.07. The Morgan fingerprint density at radius 1 is 1.25 bits per heavy atom. The van der Waals surface area contributed by atoms with Gasteiger partial charge in [0.15, 0.2) is 0 Å². The number of piperidine rings is 1. The Kier molecular flexibility index (Phi) is 4.90. The number of benzene rings is 1. The molecule has 0 spiro atoms. The van der Waals surface area contributed by atoms with Crippen LogP contribution in [0.1, 0.15) is 59.7 Å². The van der Waals surface area contributed by atoms with Crippen molar-refractivity contribution in [2.24, 2.45) is 0 Å². The fraction of sp³-hybridized carbons (Fsp3) is 0.588. The number of amides is 1. The van der Waals surface area contributed by atoms with E-state index in [1.807, 2.05) is 6.07 Å². The second-order valence-corrected chi connectivity index (χ2v) is 6.69. The van der Waals surface area contributed by atoms with Crippen LogP contribution < -0.4 is 0 Å². The van der Waals surface area contributed by atoms with E-state index in [1.54, 1.807) is 0 Å². The van der Waals surface area contributed by atoms with Gasteiger partial charge in [0.1, 0.15) is 0 Å². The topological polar surface area (TPSA) is 20.3 Å². The Balaban J connectivity index is 2.38. The molecule has 1 aliphatic rings. The zero-order valence-corrected chi connectivity index (χ0v) is 14.5. The van der Waals surface area contributed by atoms with Crippen molar-refractivity contribution in [1.29, 1.82) is 0 Å². The molecule has 1 saturated heterocycles. The lowest BCUT2D eigenvalue weighted by molar-refractivity contribution is 0.0607. The fourth-order valence-corrected chi connectivity index (χ4v) is 3.60. The van der Waals surface area contributed by atoms with Gasteiger partial charge in [-0.15, -0.1) is 0 Å². The highest BCUT2D eigenvalue weighted by atomic mass is 79.9. The number of halogens is 1. The molecular formula is C17H24BrNO. The summed E-state index contributed by atoms with van der Waals surface area (Å²) in [5.74, 6) is 0.206. The summed E-state index contributed by atoms with van der Waals surface area (Å²) < 4.78 is 1.04. The van der Waals surface area contributed by atoms with E-state index in [1.165, 1.54) is 17.5 Å². The first-order valence-corrected chi connectivity index (χ1v) is 8.34. The van der Waals surface area contributed by atoms with Crippen LogP contribution in [0, 0.1) is 20.8 Å². The highest BCUT2D eigenvalue weighted by molar-refractivity contribution is 9.10. The summed E-state index contributed by atoms with van der Waals surface area (Å²) in [6.45, 7) is 9.34. The van der Waals surface area contributed by atoms with Gasteiger partial charge in [0, 0.05) is 22.6 Å². The van der Waals surface area contributed by atoms with Crippen molar-refractivity contribution in [2.45, 2.75) is 59.4 Å². The minimum Gasteiger partial charge on any atom is -0.336 e. The molecule has 1 heterocycles. The van der Waals surface area contributed by atoms with Crippen LogP contribution >= 0.6 is 15.9 Å². The zero-order chi connectivity index (χ0) is 14.9. The number of hydrogen-bond acceptors (Lipinski definition) is 1. The second-order valence-electron chi connectivity index (χ2n) is 5.84. The van der Waals surface area contributed by atoms with E-state index < -0.39 is 0 Å². The average Bonchev–Trinajstić information content (AvgIpc) is 2.48.